The van der Waals surface area contributed by atoms with Gasteiger partial charge in [0.1, 0.15) is 28.2 Å². The molecule has 0 spiro atoms. The number of halogens is 1. The molecule has 0 bridgehead atoms. The van der Waals surface area contributed by atoms with Crippen LogP contribution < -0.4 is 16.4 Å². The molecule has 9 heteroatoms. The minimum absolute atomic E-state index is 0. The zero-order valence-corrected chi connectivity index (χ0v) is 18.9. The molecule has 2 aromatic rings. The fourth-order valence-electron chi connectivity index (χ4n) is 3.64. The topological polar surface area (TPSA) is 133 Å². The summed E-state index contributed by atoms with van der Waals surface area (Å²) in [6.45, 7) is 3.30. The van der Waals surface area contributed by atoms with Gasteiger partial charge < -0.3 is 16.4 Å². The number of amides is 1. The van der Waals surface area contributed by atoms with Gasteiger partial charge in [-0.1, -0.05) is 49.0 Å². The van der Waals surface area contributed by atoms with E-state index in [2.05, 4.69) is 12.1 Å². The van der Waals surface area contributed by atoms with Crippen LogP contribution >= 0.6 is 24.2 Å². The summed E-state index contributed by atoms with van der Waals surface area (Å²) in [5.41, 5.74) is 13.9. The molecule has 1 amide bonds. The standard InChI is InChI=1S/C22H24N6OS.ClH/c1-2-16-17(12-23)21(28-10-8-15(25)9-11-28)27-22(18(16)13-24)30-19(20(26)29)14-6-4-3-5-7-14;/h3-7,15,19H,2,8-11,25H2,1H3,(H2,26,29);1H/t19-;/m1./s1. The van der Waals surface area contributed by atoms with Crippen molar-refractivity contribution in [2.24, 2.45) is 11.5 Å². The van der Waals surface area contributed by atoms with Crippen LogP contribution in [-0.4, -0.2) is 30.0 Å². The van der Waals surface area contributed by atoms with Crippen LogP contribution in [0, 0.1) is 22.7 Å². The number of thioether (sulfide) groups is 1. The molecule has 0 unspecified atom stereocenters. The Kier molecular flexibility index (Phi) is 8.70. The van der Waals surface area contributed by atoms with Gasteiger partial charge in [-0.3, -0.25) is 4.79 Å². The first-order valence-electron chi connectivity index (χ1n) is 9.88. The van der Waals surface area contributed by atoms with E-state index in [0.717, 1.165) is 30.2 Å². The number of hydrogen-bond donors (Lipinski definition) is 2. The Morgan fingerprint density at radius 1 is 1.23 bits per heavy atom. The normalized spacial score (nSPS) is 14.8. The van der Waals surface area contributed by atoms with Crippen LogP contribution in [0.1, 0.15) is 47.3 Å². The van der Waals surface area contributed by atoms with E-state index in [9.17, 15) is 15.3 Å². The van der Waals surface area contributed by atoms with Gasteiger partial charge in [0.05, 0.1) is 11.1 Å². The van der Waals surface area contributed by atoms with E-state index in [0.29, 0.717) is 47.0 Å². The van der Waals surface area contributed by atoms with Gasteiger partial charge in [0.2, 0.25) is 5.91 Å². The zero-order valence-electron chi connectivity index (χ0n) is 17.2. The number of pyridine rings is 1. The molecule has 0 aliphatic carbocycles. The molecular formula is C22H25ClN6OS. The number of aromatic nitrogens is 1. The Morgan fingerprint density at radius 2 is 1.84 bits per heavy atom. The number of carbonyl (C=O) groups excluding carboxylic acids is 1. The summed E-state index contributed by atoms with van der Waals surface area (Å²) in [6, 6.07) is 13.8. The number of primary amides is 1. The van der Waals surface area contributed by atoms with E-state index >= 15 is 0 Å². The van der Waals surface area contributed by atoms with Crippen molar-refractivity contribution in [3.05, 3.63) is 52.6 Å². The van der Waals surface area contributed by atoms with Crippen molar-refractivity contribution >= 4 is 35.9 Å². The van der Waals surface area contributed by atoms with Gasteiger partial charge in [0.25, 0.3) is 0 Å². The molecule has 0 radical (unpaired) electrons. The molecule has 1 fully saturated rings. The van der Waals surface area contributed by atoms with E-state index in [4.69, 9.17) is 16.5 Å². The maximum absolute atomic E-state index is 12.2. The molecule has 1 saturated heterocycles. The highest BCUT2D eigenvalue weighted by Crippen LogP contribution is 2.39. The predicted molar refractivity (Wildman–Crippen MR) is 124 cm³/mol. The van der Waals surface area contributed by atoms with Crippen LogP contribution in [0.4, 0.5) is 5.82 Å². The van der Waals surface area contributed by atoms with Crippen LogP contribution in [0.25, 0.3) is 0 Å². The second-order valence-electron chi connectivity index (χ2n) is 7.18. The van der Waals surface area contributed by atoms with Gasteiger partial charge in [0.15, 0.2) is 0 Å². The van der Waals surface area contributed by atoms with Gasteiger partial charge in [0, 0.05) is 19.1 Å². The maximum Gasteiger partial charge on any atom is 0.235 e. The number of benzene rings is 1. The highest BCUT2D eigenvalue weighted by Gasteiger charge is 2.28. The summed E-state index contributed by atoms with van der Waals surface area (Å²) < 4.78 is 0. The number of piperidine rings is 1. The third kappa shape index (κ3) is 5.29. The van der Waals surface area contributed by atoms with E-state index in [1.54, 1.807) is 0 Å². The first-order chi connectivity index (χ1) is 14.5. The third-order valence-electron chi connectivity index (χ3n) is 5.25. The maximum atomic E-state index is 12.2. The number of nitriles is 2. The van der Waals surface area contributed by atoms with Crippen molar-refractivity contribution in [2.45, 2.75) is 42.5 Å². The molecule has 1 aliphatic heterocycles. The Balaban J connectivity index is 0.00000341. The Bertz CT molecular complexity index is 1010. The Hall–Kier alpha value is -2.78. The number of hydrogen-bond acceptors (Lipinski definition) is 7. The highest BCUT2D eigenvalue weighted by molar-refractivity contribution is 8.00. The number of nitrogens with zero attached hydrogens (tertiary/aromatic N) is 4. The van der Waals surface area contributed by atoms with Gasteiger partial charge in [-0.15, -0.1) is 12.4 Å². The third-order valence-corrected chi connectivity index (χ3v) is 6.51. The van der Waals surface area contributed by atoms with Gasteiger partial charge in [-0.05, 0) is 30.4 Å². The van der Waals surface area contributed by atoms with E-state index < -0.39 is 11.2 Å². The second kappa shape index (κ2) is 11.0. The van der Waals surface area contributed by atoms with Gasteiger partial charge in [-0.2, -0.15) is 10.5 Å². The lowest BCUT2D eigenvalue weighted by Crippen LogP contribution is -2.40. The summed E-state index contributed by atoms with van der Waals surface area (Å²) in [7, 11) is 0. The number of anilines is 1. The van der Waals surface area contributed by atoms with E-state index in [1.807, 2.05) is 42.2 Å². The lowest BCUT2D eigenvalue weighted by molar-refractivity contribution is -0.117. The number of rotatable bonds is 6. The molecule has 7 nitrogen and oxygen atoms in total. The Labute approximate surface area is 192 Å². The Morgan fingerprint density at radius 3 is 2.35 bits per heavy atom. The molecule has 162 valence electrons. The predicted octanol–water partition coefficient (Wildman–Crippen LogP) is 3.06. The molecule has 2 heterocycles. The average molecular weight is 457 g/mol. The summed E-state index contributed by atoms with van der Waals surface area (Å²) >= 11 is 1.16. The quantitative estimate of drug-likeness (QED) is 0.638. The van der Waals surface area contributed by atoms with Crippen molar-refractivity contribution < 1.29 is 4.79 Å². The SMILES string of the molecule is CCc1c(C#N)c(S[C@@H](C(N)=O)c2ccccc2)nc(N2CCC(N)CC2)c1C#N.Cl. The number of carbonyl (C=O) groups is 1. The van der Waals surface area contributed by atoms with Crippen molar-refractivity contribution in [1.82, 2.24) is 4.98 Å². The highest BCUT2D eigenvalue weighted by atomic mass is 35.5. The van der Waals surface area contributed by atoms with Crippen molar-refractivity contribution in [3.8, 4) is 12.1 Å². The first kappa shape index (κ1) is 24.5. The fraction of sp³-hybridized carbons (Fsp3) is 0.364. The zero-order chi connectivity index (χ0) is 21.7. The lowest BCUT2D eigenvalue weighted by atomic mass is 10.00. The molecule has 1 aliphatic rings. The van der Waals surface area contributed by atoms with Gasteiger partial charge >= 0.3 is 0 Å². The van der Waals surface area contributed by atoms with Gasteiger partial charge in [-0.25, -0.2) is 4.98 Å². The van der Waals surface area contributed by atoms with E-state index in [-0.39, 0.29) is 18.4 Å². The van der Waals surface area contributed by atoms with Crippen molar-refractivity contribution in [2.75, 3.05) is 18.0 Å². The smallest absolute Gasteiger partial charge is 0.235 e. The first-order valence-corrected chi connectivity index (χ1v) is 10.8. The minimum Gasteiger partial charge on any atom is -0.368 e. The summed E-state index contributed by atoms with van der Waals surface area (Å²) in [5, 5.41) is 19.4. The molecule has 1 aromatic carbocycles. The summed E-state index contributed by atoms with van der Waals surface area (Å²) in [6.07, 6.45) is 2.13. The molecule has 31 heavy (non-hydrogen) atoms. The van der Waals surface area contributed by atoms with Crippen LogP contribution in [0.3, 0.4) is 0 Å². The van der Waals surface area contributed by atoms with Crippen molar-refractivity contribution in [3.63, 3.8) is 0 Å². The molecule has 1 aromatic heterocycles. The molecule has 4 N–H and O–H groups in total. The minimum atomic E-state index is -0.689. The van der Waals surface area contributed by atoms with Crippen LogP contribution in [0.15, 0.2) is 35.4 Å². The van der Waals surface area contributed by atoms with Crippen molar-refractivity contribution in [1.29, 1.82) is 10.5 Å². The average Bonchev–Trinajstić information content (AvgIpc) is 2.77. The monoisotopic (exact) mass is 456 g/mol. The fourth-order valence-corrected chi connectivity index (χ4v) is 4.70. The van der Waals surface area contributed by atoms with E-state index in [1.165, 1.54) is 0 Å². The van der Waals surface area contributed by atoms with Crippen LogP contribution in [0.5, 0.6) is 0 Å². The second-order valence-corrected chi connectivity index (χ2v) is 8.28. The van der Waals surface area contributed by atoms with Crippen LogP contribution in [0.2, 0.25) is 0 Å². The molecular weight excluding hydrogens is 432 g/mol. The molecule has 0 saturated carbocycles. The summed E-state index contributed by atoms with van der Waals surface area (Å²) in [4.78, 5) is 19.0. The lowest BCUT2D eigenvalue weighted by Gasteiger charge is -2.32. The molecule has 1 atom stereocenters. The van der Waals surface area contributed by atoms with Crippen LogP contribution in [-0.2, 0) is 11.2 Å². The molecule has 3 rings (SSSR count). The number of nitrogens with two attached hydrogens (primary N) is 2. The largest absolute Gasteiger partial charge is 0.368 e. The summed E-state index contributed by atoms with van der Waals surface area (Å²) in [5.74, 6) is 0.0452.